The molecule has 2 fully saturated rings. The van der Waals surface area contributed by atoms with E-state index in [-0.39, 0.29) is 24.5 Å². The number of hydrogen-bond acceptors (Lipinski definition) is 3. The molecule has 2 aliphatic heterocycles. The zero-order valence-electron chi connectivity index (χ0n) is 11.8. The Labute approximate surface area is 123 Å². The van der Waals surface area contributed by atoms with Gasteiger partial charge in [0.2, 0.25) is 0 Å². The molecule has 7 heteroatoms. The van der Waals surface area contributed by atoms with Crippen molar-refractivity contribution in [1.82, 2.24) is 14.3 Å². The summed E-state index contributed by atoms with van der Waals surface area (Å²) in [5.41, 5.74) is 0. The maximum absolute atomic E-state index is 12.4. The standard InChI is InChI=1S/C12H25N3O2S.ClH/c1-10-6-7-13-9-12(10)14-18(16,17)15-8-4-3-5-11(15)2;/h10-14H,3-9H2,1-2H3;1H. The van der Waals surface area contributed by atoms with E-state index < -0.39 is 10.2 Å². The van der Waals surface area contributed by atoms with Crippen molar-refractivity contribution < 1.29 is 8.42 Å². The molecule has 2 saturated heterocycles. The fourth-order valence-electron chi connectivity index (χ4n) is 2.84. The Morgan fingerprint density at radius 3 is 2.58 bits per heavy atom. The van der Waals surface area contributed by atoms with E-state index in [1.807, 2.05) is 6.92 Å². The average Bonchev–Trinajstić information content (AvgIpc) is 2.32. The minimum atomic E-state index is -3.32. The first kappa shape index (κ1) is 17.2. The van der Waals surface area contributed by atoms with Crippen molar-refractivity contribution in [3.05, 3.63) is 0 Å². The molecule has 3 unspecified atom stereocenters. The van der Waals surface area contributed by atoms with Gasteiger partial charge in [0.25, 0.3) is 10.2 Å². The minimum absolute atomic E-state index is 0. The van der Waals surface area contributed by atoms with Crippen LogP contribution in [0.2, 0.25) is 0 Å². The van der Waals surface area contributed by atoms with Crippen molar-refractivity contribution in [2.75, 3.05) is 19.6 Å². The Morgan fingerprint density at radius 2 is 1.95 bits per heavy atom. The van der Waals surface area contributed by atoms with E-state index in [1.165, 1.54) is 0 Å². The number of nitrogens with one attached hydrogen (secondary N) is 2. The lowest BCUT2D eigenvalue weighted by molar-refractivity contribution is 0.255. The highest BCUT2D eigenvalue weighted by Gasteiger charge is 2.33. The molecule has 0 spiro atoms. The van der Waals surface area contributed by atoms with Gasteiger partial charge in [-0.25, -0.2) is 0 Å². The molecule has 2 aliphatic rings. The van der Waals surface area contributed by atoms with Crippen molar-refractivity contribution in [3.8, 4) is 0 Å². The lowest BCUT2D eigenvalue weighted by atomic mass is 9.96. The smallest absolute Gasteiger partial charge is 0.279 e. The molecule has 0 aliphatic carbocycles. The van der Waals surface area contributed by atoms with E-state index >= 15 is 0 Å². The van der Waals surface area contributed by atoms with Crippen LogP contribution in [0.4, 0.5) is 0 Å². The summed E-state index contributed by atoms with van der Waals surface area (Å²) < 4.78 is 29.3. The lowest BCUT2D eigenvalue weighted by Crippen LogP contribution is -2.56. The largest absolute Gasteiger partial charge is 0.315 e. The Morgan fingerprint density at radius 1 is 1.21 bits per heavy atom. The summed E-state index contributed by atoms with van der Waals surface area (Å²) in [6.45, 7) is 6.50. The molecule has 2 N–H and O–H groups in total. The van der Waals surface area contributed by atoms with Crippen LogP contribution >= 0.6 is 12.4 Å². The van der Waals surface area contributed by atoms with Gasteiger partial charge in [-0.1, -0.05) is 13.3 Å². The number of piperidine rings is 2. The fraction of sp³-hybridized carbons (Fsp3) is 1.00. The molecule has 3 atom stereocenters. The lowest BCUT2D eigenvalue weighted by Gasteiger charge is -2.36. The summed E-state index contributed by atoms with van der Waals surface area (Å²) in [7, 11) is -3.32. The topological polar surface area (TPSA) is 61.4 Å². The number of rotatable bonds is 3. The van der Waals surface area contributed by atoms with Crippen LogP contribution in [0.25, 0.3) is 0 Å². The second-order valence-corrected chi connectivity index (χ2v) is 7.31. The Kier molecular flexibility index (Phi) is 6.53. The normalized spacial score (nSPS) is 33.7. The second-order valence-electron chi connectivity index (χ2n) is 5.65. The zero-order valence-corrected chi connectivity index (χ0v) is 13.4. The van der Waals surface area contributed by atoms with Crippen molar-refractivity contribution >= 4 is 22.6 Å². The van der Waals surface area contributed by atoms with Crippen molar-refractivity contribution in [1.29, 1.82) is 0 Å². The van der Waals surface area contributed by atoms with E-state index in [4.69, 9.17) is 0 Å². The first-order valence-corrected chi connectivity index (χ1v) is 8.44. The third-order valence-corrected chi connectivity index (χ3v) is 5.94. The van der Waals surface area contributed by atoms with E-state index in [1.54, 1.807) is 4.31 Å². The predicted molar refractivity (Wildman–Crippen MR) is 79.8 cm³/mol. The second kappa shape index (κ2) is 7.22. The quantitative estimate of drug-likeness (QED) is 0.821. The number of halogens is 1. The minimum Gasteiger partial charge on any atom is -0.315 e. The highest BCUT2D eigenvalue weighted by molar-refractivity contribution is 7.87. The summed E-state index contributed by atoms with van der Waals surface area (Å²) in [5, 5.41) is 3.26. The van der Waals surface area contributed by atoms with Crippen molar-refractivity contribution in [2.24, 2.45) is 5.92 Å². The van der Waals surface area contributed by atoms with Crippen molar-refractivity contribution in [2.45, 2.75) is 51.6 Å². The molecule has 2 heterocycles. The fourth-order valence-corrected chi connectivity index (χ4v) is 4.62. The number of hydrogen-bond donors (Lipinski definition) is 2. The van der Waals surface area contributed by atoms with Crippen LogP contribution < -0.4 is 10.0 Å². The van der Waals surface area contributed by atoms with Gasteiger partial charge in [0.15, 0.2) is 0 Å². The number of nitrogens with zero attached hydrogens (tertiary/aromatic N) is 1. The Balaban J connectivity index is 0.00000180. The van der Waals surface area contributed by atoms with Gasteiger partial charge in [-0.15, -0.1) is 12.4 Å². The third kappa shape index (κ3) is 4.29. The molecule has 0 radical (unpaired) electrons. The van der Waals surface area contributed by atoms with Crippen LogP contribution in [-0.4, -0.2) is 44.4 Å². The first-order valence-electron chi connectivity index (χ1n) is 7.00. The Hall–Kier alpha value is 0.120. The molecule has 2 rings (SSSR count). The van der Waals surface area contributed by atoms with Crippen LogP contribution in [0.1, 0.15) is 39.5 Å². The van der Waals surface area contributed by atoms with Gasteiger partial charge >= 0.3 is 0 Å². The van der Waals surface area contributed by atoms with E-state index in [0.717, 1.165) is 38.8 Å². The molecule has 0 saturated carbocycles. The van der Waals surface area contributed by atoms with Gasteiger partial charge in [0.1, 0.15) is 0 Å². The summed E-state index contributed by atoms with van der Waals surface area (Å²) in [6, 6.07) is 0.154. The van der Waals surface area contributed by atoms with Gasteiger partial charge in [-0.05, 0) is 38.6 Å². The zero-order chi connectivity index (χ0) is 13.2. The molecule has 0 amide bonds. The molecule has 0 aromatic carbocycles. The molecule has 0 aromatic rings. The van der Waals surface area contributed by atoms with E-state index in [9.17, 15) is 8.42 Å². The predicted octanol–water partition coefficient (Wildman–Crippen LogP) is 1.11. The van der Waals surface area contributed by atoms with E-state index in [0.29, 0.717) is 12.5 Å². The maximum atomic E-state index is 12.4. The molecule has 0 bridgehead atoms. The Bertz CT molecular complexity index is 377. The van der Waals surface area contributed by atoms with Gasteiger partial charge in [0.05, 0.1) is 0 Å². The first-order chi connectivity index (χ1) is 8.50. The SMILES string of the molecule is CC1CCNCC1NS(=O)(=O)N1CCCCC1C.Cl. The average molecular weight is 312 g/mol. The van der Waals surface area contributed by atoms with Crippen LogP contribution in [0.3, 0.4) is 0 Å². The van der Waals surface area contributed by atoms with E-state index in [2.05, 4.69) is 17.0 Å². The summed E-state index contributed by atoms with van der Waals surface area (Å²) in [5.74, 6) is 0.404. The van der Waals surface area contributed by atoms with Crippen LogP contribution in [-0.2, 0) is 10.2 Å². The summed E-state index contributed by atoms with van der Waals surface area (Å²) >= 11 is 0. The summed E-state index contributed by atoms with van der Waals surface area (Å²) in [4.78, 5) is 0. The highest BCUT2D eigenvalue weighted by atomic mass is 35.5. The van der Waals surface area contributed by atoms with Gasteiger partial charge in [-0.2, -0.15) is 17.4 Å². The third-order valence-electron chi connectivity index (χ3n) is 4.18. The molecular weight excluding hydrogens is 286 g/mol. The monoisotopic (exact) mass is 311 g/mol. The molecular formula is C12H26ClN3O2S. The molecule has 0 aromatic heterocycles. The van der Waals surface area contributed by atoms with Gasteiger partial charge < -0.3 is 5.32 Å². The van der Waals surface area contributed by atoms with Gasteiger partial charge in [0, 0.05) is 25.2 Å². The van der Waals surface area contributed by atoms with Gasteiger partial charge in [-0.3, -0.25) is 0 Å². The summed E-state index contributed by atoms with van der Waals surface area (Å²) in [6.07, 6.45) is 4.11. The van der Waals surface area contributed by atoms with Crippen LogP contribution in [0, 0.1) is 5.92 Å². The van der Waals surface area contributed by atoms with Crippen molar-refractivity contribution in [3.63, 3.8) is 0 Å². The van der Waals surface area contributed by atoms with Crippen LogP contribution in [0.15, 0.2) is 0 Å². The molecule has 114 valence electrons. The molecule has 5 nitrogen and oxygen atoms in total. The van der Waals surface area contributed by atoms with Crippen LogP contribution in [0.5, 0.6) is 0 Å². The maximum Gasteiger partial charge on any atom is 0.279 e. The highest BCUT2D eigenvalue weighted by Crippen LogP contribution is 2.20. The molecule has 19 heavy (non-hydrogen) atoms.